The Labute approximate surface area is 198 Å². The second kappa shape index (κ2) is 9.83. The number of piperidine rings is 1. The summed E-state index contributed by atoms with van der Waals surface area (Å²) in [7, 11) is -3.38. The highest BCUT2D eigenvalue weighted by atomic mass is 32.2. The van der Waals surface area contributed by atoms with Crippen LogP contribution in [0.3, 0.4) is 0 Å². The van der Waals surface area contributed by atoms with Crippen molar-refractivity contribution in [3.63, 3.8) is 0 Å². The van der Waals surface area contributed by atoms with Crippen molar-refractivity contribution in [2.45, 2.75) is 89.1 Å². The van der Waals surface area contributed by atoms with Crippen LogP contribution < -0.4 is 0 Å². The molecule has 5 rings (SSSR count). The zero-order valence-electron chi connectivity index (χ0n) is 19.5. The van der Waals surface area contributed by atoms with Crippen molar-refractivity contribution in [1.29, 1.82) is 0 Å². The third kappa shape index (κ3) is 4.88. The number of hydrogen-bond acceptors (Lipinski definition) is 4. The number of aromatic nitrogens is 1. The predicted octanol–water partition coefficient (Wildman–Crippen LogP) is 5.28. The highest BCUT2D eigenvalue weighted by Crippen LogP contribution is 2.45. The van der Waals surface area contributed by atoms with Crippen LogP contribution in [-0.2, 0) is 21.2 Å². The number of Topliss-reactive ketones (excluding diaryl/α,β-unsaturated/α-hetero) is 1. The Bertz CT molecular complexity index is 1090. The Morgan fingerprint density at radius 1 is 1.00 bits per heavy atom. The van der Waals surface area contributed by atoms with Gasteiger partial charge in [-0.1, -0.05) is 37.5 Å². The van der Waals surface area contributed by atoms with Crippen molar-refractivity contribution < 1.29 is 13.2 Å². The molecular weight excluding hydrogens is 432 g/mol. The molecule has 3 aliphatic rings. The summed E-state index contributed by atoms with van der Waals surface area (Å²) in [5.74, 6) is 0.894. The van der Waals surface area contributed by atoms with Crippen LogP contribution in [0, 0.1) is 11.8 Å². The molecule has 2 bridgehead atoms. The molecule has 3 unspecified atom stereocenters. The smallest absolute Gasteiger partial charge is 0.215 e. The molecule has 33 heavy (non-hydrogen) atoms. The maximum Gasteiger partial charge on any atom is 0.215 e. The molecular formula is C27H36N2O3S. The summed E-state index contributed by atoms with van der Waals surface area (Å²) in [6, 6.07) is 9.89. The van der Waals surface area contributed by atoms with E-state index in [-0.39, 0.29) is 29.4 Å². The van der Waals surface area contributed by atoms with Gasteiger partial charge in [-0.3, -0.25) is 9.78 Å². The van der Waals surface area contributed by atoms with Crippen LogP contribution in [-0.4, -0.2) is 41.3 Å². The molecule has 2 aromatic rings. The molecule has 1 aromatic carbocycles. The van der Waals surface area contributed by atoms with Gasteiger partial charge in [-0.2, -0.15) is 4.31 Å². The number of rotatable bonds is 9. The van der Waals surface area contributed by atoms with Crippen LogP contribution in [0.15, 0.2) is 36.5 Å². The molecule has 2 aliphatic carbocycles. The van der Waals surface area contributed by atoms with Gasteiger partial charge in [0, 0.05) is 24.0 Å². The van der Waals surface area contributed by atoms with E-state index in [4.69, 9.17) is 0 Å². The van der Waals surface area contributed by atoms with Crippen LogP contribution in [0.5, 0.6) is 0 Å². The van der Waals surface area contributed by atoms with Crippen molar-refractivity contribution in [3.05, 3.63) is 42.1 Å². The number of pyridine rings is 1. The van der Waals surface area contributed by atoms with Crippen LogP contribution in [0.25, 0.3) is 10.9 Å². The van der Waals surface area contributed by atoms with Gasteiger partial charge in [0.15, 0.2) is 5.78 Å². The number of carbonyl (C=O) groups excluding carboxylic acids is 1. The van der Waals surface area contributed by atoms with E-state index in [1.807, 2.05) is 24.4 Å². The van der Waals surface area contributed by atoms with Crippen LogP contribution in [0.1, 0.15) is 76.2 Å². The van der Waals surface area contributed by atoms with Gasteiger partial charge in [-0.25, -0.2) is 8.42 Å². The Kier molecular flexibility index (Phi) is 6.84. The van der Waals surface area contributed by atoms with Crippen LogP contribution in [0.2, 0.25) is 0 Å². The summed E-state index contributed by atoms with van der Waals surface area (Å²) < 4.78 is 28.5. The van der Waals surface area contributed by atoms with Gasteiger partial charge in [0.2, 0.25) is 10.0 Å². The lowest BCUT2D eigenvalue weighted by molar-refractivity contribution is -0.124. The van der Waals surface area contributed by atoms with Crippen molar-refractivity contribution in [3.8, 4) is 0 Å². The fraction of sp³-hybridized carbons (Fsp3) is 0.630. The van der Waals surface area contributed by atoms with Crippen LogP contribution >= 0.6 is 0 Å². The second-order valence-corrected chi connectivity index (χ2v) is 12.4. The van der Waals surface area contributed by atoms with E-state index in [2.05, 4.69) is 17.1 Å². The number of aryl methyl sites for hydroxylation is 1. The van der Waals surface area contributed by atoms with E-state index in [9.17, 15) is 13.2 Å². The summed E-state index contributed by atoms with van der Waals surface area (Å²) in [6.07, 6.45) is 13.3. The Morgan fingerprint density at radius 2 is 1.82 bits per heavy atom. The number of carbonyl (C=O) groups is 1. The van der Waals surface area contributed by atoms with E-state index in [0.29, 0.717) is 6.42 Å². The number of fused-ring (bicyclic) bond motifs is 3. The average molecular weight is 469 g/mol. The van der Waals surface area contributed by atoms with Crippen LogP contribution in [0.4, 0.5) is 0 Å². The monoisotopic (exact) mass is 468 g/mol. The predicted molar refractivity (Wildman–Crippen MR) is 131 cm³/mol. The molecule has 5 nitrogen and oxygen atoms in total. The Balaban J connectivity index is 1.20. The minimum Gasteiger partial charge on any atom is -0.298 e. The fourth-order valence-corrected chi connectivity index (χ4v) is 9.01. The van der Waals surface area contributed by atoms with Gasteiger partial charge in [0.1, 0.15) is 0 Å². The zero-order chi connectivity index (χ0) is 22.8. The summed E-state index contributed by atoms with van der Waals surface area (Å²) in [4.78, 5) is 17.7. The van der Waals surface area contributed by atoms with Gasteiger partial charge >= 0.3 is 0 Å². The molecule has 1 aromatic heterocycles. The van der Waals surface area contributed by atoms with E-state index >= 15 is 0 Å². The molecule has 1 saturated heterocycles. The summed E-state index contributed by atoms with van der Waals surface area (Å²) in [5, 5.41) is 1.18. The lowest BCUT2D eigenvalue weighted by Crippen LogP contribution is -2.50. The summed E-state index contributed by atoms with van der Waals surface area (Å²) in [6.45, 7) is 0. The van der Waals surface area contributed by atoms with Crippen molar-refractivity contribution in [2.24, 2.45) is 11.8 Å². The van der Waals surface area contributed by atoms with E-state index in [0.717, 1.165) is 69.7 Å². The van der Waals surface area contributed by atoms with E-state index in [1.165, 1.54) is 17.4 Å². The second-order valence-electron chi connectivity index (χ2n) is 10.4. The van der Waals surface area contributed by atoms with E-state index < -0.39 is 16.1 Å². The number of unbranched alkanes of at least 4 members (excludes halogenated alkanes) is 1. The van der Waals surface area contributed by atoms with Crippen molar-refractivity contribution in [2.75, 3.05) is 5.75 Å². The minimum absolute atomic E-state index is 0.0562. The third-order valence-electron chi connectivity index (χ3n) is 8.21. The standard InChI is InChI=1S/C27H36N2O3S/c30-26(13-7-4-10-21-16-17-28-25-12-6-5-11-24(21)25)27-22-14-15-23(18-22)29(27)33(31,32)19-20-8-2-1-3-9-20/h5-6,11-12,16-17,20,22-23,27H,1-4,7-10,13-15,18-19H2. The Morgan fingerprint density at radius 3 is 2.67 bits per heavy atom. The topological polar surface area (TPSA) is 67.3 Å². The normalized spacial score (nSPS) is 26.2. The lowest BCUT2D eigenvalue weighted by atomic mass is 9.91. The first-order chi connectivity index (χ1) is 16.0. The largest absolute Gasteiger partial charge is 0.298 e. The van der Waals surface area contributed by atoms with Gasteiger partial charge in [0.25, 0.3) is 0 Å². The summed E-state index contributed by atoms with van der Waals surface area (Å²) >= 11 is 0. The lowest BCUT2D eigenvalue weighted by Gasteiger charge is -2.35. The van der Waals surface area contributed by atoms with Crippen molar-refractivity contribution in [1.82, 2.24) is 9.29 Å². The minimum atomic E-state index is -3.38. The molecule has 0 N–H and O–H groups in total. The highest BCUT2D eigenvalue weighted by molar-refractivity contribution is 7.89. The quantitative estimate of drug-likeness (QED) is 0.470. The number of nitrogens with zero attached hydrogens (tertiary/aromatic N) is 2. The fourth-order valence-electron chi connectivity index (χ4n) is 6.62. The molecule has 3 fully saturated rings. The molecule has 2 saturated carbocycles. The van der Waals surface area contributed by atoms with Gasteiger partial charge in [-0.15, -0.1) is 0 Å². The first-order valence-electron chi connectivity index (χ1n) is 12.9. The van der Waals surface area contributed by atoms with Crippen molar-refractivity contribution >= 4 is 26.7 Å². The number of benzene rings is 1. The Hall–Kier alpha value is -1.79. The average Bonchev–Trinajstić information content (AvgIpc) is 3.44. The molecule has 0 spiro atoms. The highest BCUT2D eigenvalue weighted by Gasteiger charge is 2.53. The maximum atomic E-state index is 13.4. The first kappa shape index (κ1) is 23.0. The SMILES string of the molecule is O=C(CCCCc1ccnc2ccccc12)C1C2CCC(C2)N1S(=O)(=O)CC1CCCCC1. The molecule has 1 aliphatic heterocycles. The zero-order valence-corrected chi connectivity index (χ0v) is 20.3. The third-order valence-corrected chi connectivity index (χ3v) is 10.3. The van der Waals surface area contributed by atoms with E-state index in [1.54, 1.807) is 4.31 Å². The van der Waals surface area contributed by atoms with Gasteiger partial charge < -0.3 is 0 Å². The molecule has 3 atom stereocenters. The number of sulfonamides is 1. The molecule has 0 amide bonds. The molecule has 0 radical (unpaired) electrons. The summed E-state index contributed by atoms with van der Waals surface area (Å²) in [5.41, 5.74) is 2.27. The number of para-hydroxylation sites is 1. The molecule has 6 heteroatoms. The molecule has 178 valence electrons. The van der Waals surface area contributed by atoms with Gasteiger partial charge in [0.05, 0.1) is 17.3 Å². The number of hydrogen-bond donors (Lipinski definition) is 0. The first-order valence-corrected chi connectivity index (χ1v) is 14.5. The van der Waals surface area contributed by atoms with Gasteiger partial charge in [-0.05, 0) is 80.9 Å². The molecule has 2 heterocycles. The maximum absolute atomic E-state index is 13.4. The number of ketones is 1.